The summed E-state index contributed by atoms with van der Waals surface area (Å²) in [6.07, 6.45) is 0. The van der Waals surface area contributed by atoms with Crippen LogP contribution < -0.4 is 10.1 Å². The maximum atomic E-state index is 13.4. The van der Waals surface area contributed by atoms with E-state index in [9.17, 15) is 8.78 Å². The number of rotatable bonds is 4. The fourth-order valence-corrected chi connectivity index (χ4v) is 3.12. The van der Waals surface area contributed by atoms with Gasteiger partial charge in [-0.1, -0.05) is 18.2 Å². The highest BCUT2D eigenvalue weighted by molar-refractivity contribution is 5.85. The average molecular weight is 355 g/mol. The van der Waals surface area contributed by atoms with E-state index >= 15 is 0 Å². The van der Waals surface area contributed by atoms with Crippen LogP contribution in [0.25, 0.3) is 0 Å². The molecule has 1 atom stereocenters. The Morgan fingerprint density at radius 3 is 2.58 bits per heavy atom. The lowest BCUT2D eigenvalue weighted by molar-refractivity contribution is 0.150. The second-order valence-electron chi connectivity index (χ2n) is 5.71. The van der Waals surface area contributed by atoms with E-state index in [1.165, 1.54) is 12.1 Å². The summed E-state index contributed by atoms with van der Waals surface area (Å²) in [6, 6.07) is 11.7. The van der Waals surface area contributed by atoms with Crippen molar-refractivity contribution >= 4 is 12.4 Å². The smallest absolute Gasteiger partial charge is 0.126 e. The monoisotopic (exact) mass is 354 g/mol. The lowest BCUT2D eigenvalue weighted by Gasteiger charge is -2.37. The zero-order valence-electron chi connectivity index (χ0n) is 13.5. The molecular weight excluding hydrogens is 334 g/mol. The van der Waals surface area contributed by atoms with E-state index in [0.29, 0.717) is 12.1 Å². The van der Waals surface area contributed by atoms with Gasteiger partial charge in [0.1, 0.15) is 17.4 Å². The van der Waals surface area contributed by atoms with Crippen molar-refractivity contribution < 1.29 is 13.5 Å². The number of ether oxygens (including phenoxy) is 1. The van der Waals surface area contributed by atoms with E-state index in [2.05, 4.69) is 10.2 Å². The lowest BCUT2D eigenvalue weighted by atomic mass is 10.0. The Balaban J connectivity index is 0.00000208. The molecular formula is C18H21ClF2N2O. The third-order valence-corrected chi connectivity index (χ3v) is 4.16. The van der Waals surface area contributed by atoms with Gasteiger partial charge in [-0.15, -0.1) is 12.4 Å². The molecule has 2 aromatic carbocycles. The predicted octanol–water partition coefficient (Wildman–Crippen LogP) is 3.54. The Morgan fingerprint density at radius 1 is 1.17 bits per heavy atom. The molecule has 24 heavy (non-hydrogen) atoms. The first-order valence-electron chi connectivity index (χ1n) is 7.70. The van der Waals surface area contributed by atoms with Crippen LogP contribution in [0.3, 0.4) is 0 Å². The van der Waals surface area contributed by atoms with Gasteiger partial charge < -0.3 is 10.1 Å². The van der Waals surface area contributed by atoms with Crippen molar-refractivity contribution in [2.24, 2.45) is 0 Å². The third-order valence-electron chi connectivity index (χ3n) is 4.16. The zero-order valence-corrected chi connectivity index (χ0v) is 14.3. The Bertz CT molecular complexity index is 664. The number of methoxy groups -OCH3 is 1. The average Bonchev–Trinajstić information content (AvgIpc) is 2.54. The number of halogens is 3. The van der Waals surface area contributed by atoms with Gasteiger partial charge in [0, 0.05) is 37.8 Å². The minimum atomic E-state index is -0.538. The summed E-state index contributed by atoms with van der Waals surface area (Å²) in [4.78, 5) is 2.22. The molecule has 1 unspecified atom stereocenters. The molecule has 6 heteroatoms. The first-order chi connectivity index (χ1) is 11.2. The molecule has 3 rings (SSSR count). The van der Waals surface area contributed by atoms with Gasteiger partial charge in [-0.3, -0.25) is 4.90 Å². The number of piperazine rings is 1. The Labute approximate surface area is 147 Å². The summed E-state index contributed by atoms with van der Waals surface area (Å²) < 4.78 is 32.3. The molecule has 1 aliphatic heterocycles. The summed E-state index contributed by atoms with van der Waals surface area (Å²) in [7, 11) is 1.65. The highest BCUT2D eigenvalue weighted by atomic mass is 35.5. The van der Waals surface area contributed by atoms with Gasteiger partial charge in [0.25, 0.3) is 0 Å². The molecule has 0 amide bonds. The standard InChI is InChI=1S/C18H20F2N2O.ClH/c1-23-18-5-3-2-4-16(18)17-11-21-6-7-22(17)12-13-8-14(19)10-15(20)9-13;/h2-5,8-10,17,21H,6-7,11-12H2,1H3;1H. The summed E-state index contributed by atoms with van der Waals surface area (Å²) in [5.41, 5.74) is 1.73. The van der Waals surface area contributed by atoms with Gasteiger partial charge in [-0.05, 0) is 23.8 Å². The van der Waals surface area contributed by atoms with Gasteiger partial charge >= 0.3 is 0 Å². The van der Waals surface area contributed by atoms with Crippen LogP contribution in [0, 0.1) is 11.6 Å². The number of hydrogen-bond donors (Lipinski definition) is 1. The molecule has 1 N–H and O–H groups in total. The van der Waals surface area contributed by atoms with E-state index in [4.69, 9.17) is 4.74 Å². The molecule has 2 aromatic rings. The Hall–Kier alpha value is -1.69. The Kier molecular flexibility index (Phi) is 6.54. The molecule has 130 valence electrons. The van der Waals surface area contributed by atoms with Crippen LogP contribution in [0.2, 0.25) is 0 Å². The highest BCUT2D eigenvalue weighted by Crippen LogP contribution is 2.31. The summed E-state index contributed by atoms with van der Waals surface area (Å²) in [5, 5.41) is 3.38. The maximum Gasteiger partial charge on any atom is 0.126 e. The van der Waals surface area contributed by atoms with Crippen molar-refractivity contribution in [2.45, 2.75) is 12.6 Å². The quantitative estimate of drug-likeness (QED) is 0.909. The number of nitrogens with zero attached hydrogens (tertiary/aromatic N) is 1. The van der Waals surface area contributed by atoms with Crippen molar-refractivity contribution in [3.05, 3.63) is 65.2 Å². The zero-order chi connectivity index (χ0) is 16.2. The van der Waals surface area contributed by atoms with Crippen LogP contribution in [0.15, 0.2) is 42.5 Å². The van der Waals surface area contributed by atoms with Gasteiger partial charge in [0.2, 0.25) is 0 Å². The van der Waals surface area contributed by atoms with E-state index in [1.54, 1.807) is 7.11 Å². The second-order valence-corrected chi connectivity index (χ2v) is 5.71. The first-order valence-corrected chi connectivity index (χ1v) is 7.70. The molecule has 1 saturated heterocycles. The number of benzene rings is 2. The molecule has 1 fully saturated rings. The van der Waals surface area contributed by atoms with Crippen LogP contribution in [0.5, 0.6) is 5.75 Å². The normalized spacial score (nSPS) is 18.0. The van der Waals surface area contributed by atoms with Crippen LogP contribution in [0.4, 0.5) is 8.78 Å². The van der Waals surface area contributed by atoms with Crippen molar-refractivity contribution in [1.82, 2.24) is 10.2 Å². The van der Waals surface area contributed by atoms with Crippen LogP contribution in [-0.4, -0.2) is 31.6 Å². The fourth-order valence-electron chi connectivity index (χ4n) is 3.12. The van der Waals surface area contributed by atoms with Crippen molar-refractivity contribution in [1.29, 1.82) is 0 Å². The maximum absolute atomic E-state index is 13.4. The molecule has 0 bridgehead atoms. The molecule has 0 aliphatic carbocycles. The minimum Gasteiger partial charge on any atom is -0.496 e. The van der Waals surface area contributed by atoms with Gasteiger partial charge in [-0.2, -0.15) is 0 Å². The van der Waals surface area contributed by atoms with E-state index in [1.807, 2.05) is 24.3 Å². The van der Waals surface area contributed by atoms with Crippen LogP contribution in [-0.2, 0) is 6.54 Å². The van der Waals surface area contributed by atoms with E-state index in [0.717, 1.165) is 37.0 Å². The van der Waals surface area contributed by atoms with Crippen molar-refractivity contribution in [3.63, 3.8) is 0 Å². The molecule has 1 aliphatic rings. The van der Waals surface area contributed by atoms with Crippen molar-refractivity contribution in [3.8, 4) is 5.75 Å². The summed E-state index contributed by atoms with van der Waals surface area (Å²) in [6.45, 7) is 2.93. The topological polar surface area (TPSA) is 24.5 Å². The lowest BCUT2D eigenvalue weighted by Crippen LogP contribution is -2.45. The van der Waals surface area contributed by atoms with Gasteiger partial charge in [-0.25, -0.2) is 8.78 Å². The van der Waals surface area contributed by atoms with Gasteiger partial charge in [0.15, 0.2) is 0 Å². The number of nitrogens with one attached hydrogen (secondary N) is 1. The minimum absolute atomic E-state index is 0. The number of hydrogen-bond acceptors (Lipinski definition) is 3. The molecule has 0 radical (unpaired) electrons. The van der Waals surface area contributed by atoms with Gasteiger partial charge in [0.05, 0.1) is 13.2 Å². The predicted molar refractivity (Wildman–Crippen MR) is 92.6 cm³/mol. The Morgan fingerprint density at radius 2 is 1.88 bits per heavy atom. The summed E-state index contributed by atoms with van der Waals surface area (Å²) >= 11 is 0. The molecule has 1 heterocycles. The largest absolute Gasteiger partial charge is 0.496 e. The molecule has 0 spiro atoms. The van der Waals surface area contributed by atoms with Crippen LogP contribution >= 0.6 is 12.4 Å². The van der Waals surface area contributed by atoms with E-state index < -0.39 is 11.6 Å². The molecule has 0 saturated carbocycles. The molecule has 0 aromatic heterocycles. The molecule has 3 nitrogen and oxygen atoms in total. The SMILES string of the molecule is COc1ccccc1C1CNCCN1Cc1cc(F)cc(F)c1.Cl. The third kappa shape index (κ3) is 4.23. The summed E-state index contributed by atoms with van der Waals surface area (Å²) in [5.74, 6) is -0.246. The highest BCUT2D eigenvalue weighted by Gasteiger charge is 2.26. The van der Waals surface area contributed by atoms with Crippen LogP contribution in [0.1, 0.15) is 17.2 Å². The number of para-hydroxylation sites is 1. The van der Waals surface area contributed by atoms with E-state index in [-0.39, 0.29) is 18.4 Å². The fraction of sp³-hybridized carbons (Fsp3) is 0.333. The first kappa shape index (κ1) is 18.6. The second kappa shape index (κ2) is 8.42. The van der Waals surface area contributed by atoms with Crippen molar-refractivity contribution in [2.75, 3.05) is 26.7 Å².